The molecule has 5 nitrogen and oxygen atoms in total. The van der Waals surface area contributed by atoms with Crippen LogP contribution in [0.5, 0.6) is 5.75 Å². The van der Waals surface area contributed by atoms with Crippen LogP contribution in [0.2, 0.25) is 0 Å². The molecule has 134 valence electrons. The summed E-state index contributed by atoms with van der Waals surface area (Å²) in [5.41, 5.74) is 3.05. The van der Waals surface area contributed by atoms with Crippen LogP contribution in [-0.4, -0.2) is 20.1 Å². The number of rotatable bonds is 4. The second-order valence-electron chi connectivity index (χ2n) is 5.85. The molecule has 0 saturated carbocycles. The molecule has 7 heteroatoms. The third-order valence-corrected chi connectivity index (χ3v) is 6.55. The van der Waals surface area contributed by atoms with E-state index in [1.54, 1.807) is 16.7 Å². The van der Waals surface area contributed by atoms with Gasteiger partial charge < -0.3 is 9.30 Å². The molecule has 2 aromatic carbocycles. The predicted octanol–water partition coefficient (Wildman–Crippen LogP) is 3.25. The molecule has 0 spiro atoms. The summed E-state index contributed by atoms with van der Waals surface area (Å²) in [5, 5.41) is 0. The molecule has 0 fully saturated rings. The minimum Gasteiger partial charge on any atom is -0.497 e. The Bertz CT molecular complexity index is 1180. The lowest BCUT2D eigenvalue weighted by Gasteiger charge is -2.03. The summed E-state index contributed by atoms with van der Waals surface area (Å²) in [6.45, 7) is 4.24. The minimum absolute atomic E-state index is 0.107. The van der Waals surface area contributed by atoms with Gasteiger partial charge in [-0.3, -0.25) is 0 Å². The molecule has 26 heavy (non-hydrogen) atoms. The molecule has 0 radical (unpaired) electrons. The number of aromatic nitrogens is 1. The Morgan fingerprint density at radius 3 is 2.54 bits per heavy atom. The molecule has 3 rings (SSSR count). The quantitative estimate of drug-likeness (QED) is 0.647. The van der Waals surface area contributed by atoms with E-state index in [1.807, 2.05) is 19.9 Å². The average Bonchev–Trinajstić information content (AvgIpc) is 2.93. The maximum Gasteiger partial charge on any atom is 0.285 e. The first-order valence-electron chi connectivity index (χ1n) is 7.85. The van der Waals surface area contributed by atoms with Gasteiger partial charge in [0, 0.05) is 0 Å². The Hall–Kier alpha value is -2.56. The Morgan fingerprint density at radius 2 is 1.92 bits per heavy atom. The molecule has 0 saturated heterocycles. The van der Waals surface area contributed by atoms with Gasteiger partial charge in [-0.2, -0.15) is 8.42 Å². The van der Waals surface area contributed by atoms with Crippen molar-refractivity contribution in [2.75, 3.05) is 7.11 Å². The number of sulfonamides is 1. The van der Waals surface area contributed by atoms with Crippen LogP contribution in [0.25, 0.3) is 10.2 Å². The first-order valence-corrected chi connectivity index (χ1v) is 10.1. The fourth-order valence-corrected chi connectivity index (χ4v) is 5.01. The Balaban J connectivity index is 2.24. The van der Waals surface area contributed by atoms with Crippen LogP contribution >= 0.6 is 11.3 Å². The van der Waals surface area contributed by atoms with Crippen LogP contribution in [0.3, 0.4) is 0 Å². The first kappa shape index (κ1) is 18.2. The number of nitrogens with zero attached hydrogens (tertiary/aromatic N) is 2. The van der Waals surface area contributed by atoms with Crippen LogP contribution < -0.4 is 9.54 Å². The normalized spacial score (nSPS) is 12.3. The zero-order valence-corrected chi connectivity index (χ0v) is 16.3. The van der Waals surface area contributed by atoms with E-state index in [0.717, 1.165) is 21.3 Å². The molecule has 0 unspecified atom stereocenters. The van der Waals surface area contributed by atoms with Gasteiger partial charge >= 0.3 is 0 Å². The summed E-state index contributed by atoms with van der Waals surface area (Å²) in [6, 6.07) is 10.2. The van der Waals surface area contributed by atoms with Crippen LogP contribution in [0.15, 0.2) is 45.7 Å². The first-order chi connectivity index (χ1) is 12.4. The summed E-state index contributed by atoms with van der Waals surface area (Å²) < 4.78 is 37.3. The van der Waals surface area contributed by atoms with Gasteiger partial charge in [-0.1, -0.05) is 23.3 Å². The maximum absolute atomic E-state index is 12.7. The number of fused-ring (bicyclic) bond motifs is 1. The van der Waals surface area contributed by atoms with Gasteiger partial charge in [-0.25, -0.2) is 0 Å². The molecule has 0 atom stereocenters. The van der Waals surface area contributed by atoms with Crippen molar-refractivity contribution in [1.29, 1.82) is 0 Å². The van der Waals surface area contributed by atoms with Crippen LogP contribution in [0.1, 0.15) is 11.1 Å². The average molecular weight is 386 g/mol. The van der Waals surface area contributed by atoms with E-state index < -0.39 is 10.0 Å². The fraction of sp³-hybridized carbons (Fsp3) is 0.211. The highest BCUT2D eigenvalue weighted by molar-refractivity contribution is 7.90. The summed E-state index contributed by atoms with van der Waals surface area (Å²) in [7, 11) is -2.33. The molecule has 1 heterocycles. The summed E-state index contributed by atoms with van der Waals surface area (Å²) >= 11 is 1.33. The van der Waals surface area contributed by atoms with E-state index >= 15 is 0 Å². The van der Waals surface area contributed by atoms with Gasteiger partial charge in [-0.05, 0) is 55.3 Å². The maximum atomic E-state index is 12.7. The van der Waals surface area contributed by atoms with Crippen molar-refractivity contribution in [3.8, 4) is 18.1 Å². The molecule has 0 aliphatic rings. The van der Waals surface area contributed by atoms with E-state index in [2.05, 4.69) is 16.4 Å². The Morgan fingerprint density at radius 1 is 1.23 bits per heavy atom. The summed E-state index contributed by atoms with van der Waals surface area (Å²) in [6.07, 6.45) is 5.49. The molecule has 0 aliphatic carbocycles. The summed E-state index contributed by atoms with van der Waals surface area (Å²) in [5.74, 6) is 3.16. The number of hydrogen-bond donors (Lipinski definition) is 0. The van der Waals surface area contributed by atoms with Crippen molar-refractivity contribution >= 4 is 31.6 Å². The van der Waals surface area contributed by atoms with Gasteiger partial charge in [0.1, 0.15) is 5.75 Å². The lowest BCUT2D eigenvalue weighted by molar-refractivity contribution is 0.414. The highest BCUT2D eigenvalue weighted by Crippen LogP contribution is 2.24. The van der Waals surface area contributed by atoms with Gasteiger partial charge in [0.2, 0.25) is 4.80 Å². The number of ether oxygens (including phenoxy) is 1. The SMILES string of the molecule is C#CCn1c(=NS(=O)(=O)c2ccc(OC)cc2)sc2c(C)cc(C)cc21. The second-order valence-corrected chi connectivity index (χ2v) is 8.43. The second kappa shape index (κ2) is 6.98. The number of thiazole rings is 1. The lowest BCUT2D eigenvalue weighted by atomic mass is 10.1. The lowest BCUT2D eigenvalue weighted by Crippen LogP contribution is -2.16. The van der Waals surface area contributed by atoms with E-state index in [9.17, 15) is 8.42 Å². The van der Waals surface area contributed by atoms with Crippen molar-refractivity contribution in [3.05, 3.63) is 52.3 Å². The van der Waals surface area contributed by atoms with Crippen molar-refractivity contribution in [2.24, 2.45) is 4.40 Å². The van der Waals surface area contributed by atoms with Crippen molar-refractivity contribution in [2.45, 2.75) is 25.3 Å². The number of methoxy groups -OCH3 is 1. The number of hydrogen-bond acceptors (Lipinski definition) is 4. The van der Waals surface area contributed by atoms with Gasteiger partial charge in [-0.15, -0.1) is 10.8 Å². The third-order valence-electron chi connectivity index (χ3n) is 3.92. The molecule has 0 amide bonds. The van der Waals surface area contributed by atoms with Gasteiger partial charge in [0.25, 0.3) is 10.0 Å². The molecule has 3 aromatic rings. The minimum atomic E-state index is -3.86. The van der Waals surface area contributed by atoms with Crippen molar-refractivity contribution in [1.82, 2.24) is 4.57 Å². The highest BCUT2D eigenvalue weighted by Gasteiger charge is 2.15. The van der Waals surface area contributed by atoms with Crippen LogP contribution in [-0.2, 0) is 16.6 Å². The van der Waals surface area contributed by atoms with Crippen LogP contribution in [0, 0.1) is 26.2 Å². The predicted molar refractivity (Wildman–Crippen MR) is 104 cm³/mol. The molecule has 1 aromatic heterocycles. The zero-order chi connectivity index (χ0) is 18.9. The largest absolute Gasteiger partial charge is 0.497 e. The fourth-order valence-electron chi connectivity index (χ4n) is 2.73. The molecule has 0 bridgehead atoms. The van der Waals surface area contributed by atoms with E-state index in [0.29, 0.717) is 10.6 Å². The van der Waals surface area contributed by atoms with Crippen LogP contribution in [0.4, 0.5) is 0 Å². The van der Waals surface area contributed by atoms with Gasteiger partial charge in [0.05, 0.1) is 28.8 Å². The topological polar surface area (TPSA) is 60.7 Å². The van der Waals surface area contributed by atoms with Crippen molar-refractivity contribution < 1.29 is 13.2 Å². The number of terminal acetylenes is 1. The third kappa shape index (κ3) is 3.39. The Labute approximate surface area is 156 Å². The molecule has 0 aliphatic heterocycles. The summed E-state index contributed by atoms with van der Waals surface area (Å²) in [4.78, 5) is 0.471. The smallest absolute Gasteiger partial charge is 0.285 e. The monoisotopic (exact) mass is 386 g/mol. The number of benzene rings is 2. The molecule has 0 N–H and O–H groups in total. The molecular weight excluding hydrogens is 368 g/mol. The standard InChI is InChI=1S/C19H18N2O3S2/c1-5-10-21-17-12-13(2)11-14(3)18(17)25-19(21)20-26(22,23)16-8-6-15(24-4)7-9-16/h1,6-9,11-12H,10H2,2-4H3. The number of aryl methyl sites for hydroxylation is 2. The van der Waals surface area contributed by atoms with E-state index in [4.69, 9.17) is 11.2 Å². The van der Waals surface area contributed by atoms with Crippen molar-refractivity contribution in [3.63, 3.8) is 0 Å². The van der Waals surface area contributed by atoms with Gasteiger partial charge in [0.15, 0.2) is 0 Å². The van der Waals surface area contributed by atoms with E-state index in [1.165, 1.54) is 30.6 Å². The zero-order valence-electron chi connectivity index (χ0n) is 14.7. The van der Waals surface area contributed by atoms with E-state index in [-0.39, 0.29) is 11.4 Å². The highest BCUT2D eigenvalue weighted by atomic mass is 32.2. The Kier molecular flexibility index (Phi) is 4.90. The molecular formula is C19H18N2O3S2.